The maximum absolute atomic E-state index is 10.3. The summed E-state index contributed by atoms with van der Waals surface area (Å²) in [5, 5.41) is 3.20. The van der Waals surface area contributed by atoms with Crippen molar-refractivity contribution in [1.82, 2.24) is 0 Å². The molecule has 3 nitrogen and oxygen atoms in total. The second-order valence-corrected chi connectivity index (χ2v) is 3.25. The highest BCUT2D eigenvalue weighted by Crippen LogP contribution is 2.26. The van der Waals surface area contributed by atoms with E-state index in [0.29, 0.717) is 17.1 Å². The normalized spacial score (nSPS) is 9.46. The molecule has 0 radical (unpaired) electrons. The zero-order valence-electron chi connectivity index (χ0n) is 7.54. The number of amides is 1. The Hall–Kier alpha value is -1.22. The van der Waals surface area contributed by atoms with Crippen molar-refractivity contribution >= 4 is 29.4 Å². The van der Waals surface area contributed by atoms with Crippen molar-refractivity contribution in [2.45, 2.75) is 0 Å². The molecule has 0 aromatic heterocycles. The van der Waals surface area contributed by atoms with Gasteiger partial charge in [-0.1, -0.05) is 11.6 Å². The van der Waals surface area contributed by atoms with Crippen LogP contribution in [-0.2, 0) is 4.79 Å². The second kappa shape index (κ2) is 4.14. The summed E-state index contributed by atoms with van der Waals surface area (Å²) in [6.45, 7) is 0. The van der Waals surface area contributed by atoms with E-state index in [0.717, 1.165) is 5.69 Å². The average Bonchev–Trinajstić information content (AvgIpc) is 2.04. The number of nitrogens with one attached hydrogen (secondary N) is 1. The molecule has 1 N–H and O–H groups in total. The van der Waals surface area contributed by atoms with Crippen molar-refractivity contribution in [3.05, 3.63) is 23.2 Å². The van der Waals surface area contributed by atoms with Crippen LogP contribution >= 0.6 is 11.6 Å². The van der Waals surface area contributed by atoms with E-state index in [2.05, 4.69) is 5.32 Å². The summed E-state index contributed by atoms with van der Waals surface area (Å²) in [6.07, 6.45) is 0.638. The van der Waals surface area contributed by atoms with Gasteiger partial charge in [0.25, 0.3) is 0 Å². The third-order valence-electron chi connectivity index (χ3n) is 1.65. The van der Waals surface area contributed by atoms with Crippen LogP contribution in [0.2, 0.25) is 5.02 Å². The number of anilines is 2. The molecule has 0 atom stereocenters. The van der Waals surface area contributed by atoms with Gasteiger partial charge >= 0.3 is 0 Å². The Morgan fingerprint density at radius 1 is 1.46 bits per heavy atom. The molecular weight excluding hydrogens is 188 g/mol. The first kappa shape index (κ1) is 9.86. The lowest BCUT2D eigenvalue weighted by atomic mass is 10.2. The van der Waals surface area contributed by atoms with Gasteiger partial charge in [-0.2, -0.15) is 0 Å². The van der Waals surface area contributed by atoms with Crippen LogP contribution in [0.4, 0.5) is 11.4 Å². The Labute approximate surface area is 82.3 Å². The van der Waals surface area contributed by atoms with Gasteiger partial charge in [-0.15, -0.1) is 0 Å². The highest BCUT2D eigenvalue weighted by atomic mass is 35.5. The smallest absolute Gasteiger partial charge is 0.211 e. The minimum Gasteiger partial charge on any atom is -0.376 e. The highest BCUT2D eigenvalue weighted by Gasteiger charge is 2.03. The zero-order valence-corrected chi connectivity index (χ0v) is 8.30. The molecule has 1 aromatic carbocycles. The van der Waals surface area contributed by atoms with Gasteiger partial charge in [-0.3, -0.25) is 4.79 Å². The van der Waals surface area contributed by atoms with Gasteiger partial charge in [0, 0.05) is 19.1 Å². The van der Waals surface area contributed by atoms with Crippen LogP contribution in [0.25, 0.3) is 0 Å². The molecule has 0 heterocycles. The molecule has 0 aliphatic carbocycles. The Bertz CT molecular complexity index is 312. The molecule has 1 rings (SSSR count). The van der Waals surface area contributed by atoms with Gasteiger partial charge in [-0.05, 0) is 18.2 Å². The summed E-state index contributed by atoms with van der Waals surface area (Å²) in [6, 6.07) is 5.35. The monoisotopic (exact) mass is 198 g/mol. The number of hydrogen-bond acceptors (Lipinski definition) is 2. The van der Waals surface area contributed by atoms with E-state index < -0.39 is 0 Å². The minimum atomic E-state index is 0.606. The van der Waals surface area contributed by atoms with Crippen LogP contribution < -0.4 is 10.2 Å². The van der Waals surface area contributed by atoms with E-state index in [1.54, 1.807) is 12.1 Å². The van der Waals surface area contributed by atoms with E-state index in [4.69, 9.17) is 11.6 Å². The molecule has 13 heavy (non-hydrogen) atoms. The third kappa shape index (κ3) is 2.36. The molecule has 0 bridgehead atoms. The van der Waals surface area contributed by atoms with Crippen LogP contribution in [0.15, 0.2) is 18.2 Å². The Morgan fingerprint density at radius 3 is 2.69 bits per heavy atom. The van der Waals surface area contributed by atoms with E-state index in [9.17, 15) is 4.79 Å². The molecule has 0 saturated heterocycles. The molecule has 0 unspecified atom stereocenters. The van der Waals surface area contributed by atoms with Gasteiger partial charge in [0.05, 0.1) is 11.4 Å². The minimum absolute atomic E-state index is 0.606. The van der Waals surface area contributed by atoms with Gasteiger partial charge in [0.15, 0.2) is 0 Å². The Balaban J connectivity index is 3.10. The maximum atomic E-state index is 10.3. The van der Waals surface area contributed by atoms with E-state index >= 15 is 0 Å². The summed E-state index contributed by atoms with van der Waals surface area (Å²) < 4.78 is 0. The lowest BCUT2D eigenvalue weighted by molar-refractivity contribution is -0.105. The predicted molar refractivity (Wildman–Crippen MR) is 55.5 cm³/mol. The van der Waals surface area contributed by atoms with E-state index in [-0.39, 0.29) is 0 Å². The fourth-order valence-electron chi connectivity index (χ4n) is 1.08. The number of benzene rings is 1. The van der Waals surface area contributed by atoms with Crippen LogP contribution in [0, 0.1) is 0 Å². The second-order valence-electron chi connectivity index (χ2n) is 2.82. The summed E-state index contributed by atoms with van der Waals surface area (Å²) in [4.78, 5) is 12.2. The number of rotatable bonds is 3. The number of hydrogen-bond donors (Lipinski definition) is 1. The number of nitrogens with zero attached hydrogens (tertiary/aromatic N) is 1. The van der Waals surface area contributed by atoms with Gasteiger partial charge < -0.3 is 10.2 Å². The molecule has 4 heteroatoms. The summed E-state index contributed by atoms with van der Waals surface area (Å²) in [7, 11) is 3.80. The van der Waals surface area contributed by atoms with Crippen molar-refractivity contribution in [2.24, 2.45) is 0 Å². The molecule has 70 valence electrons. The third-order valence-corrected chi connectivity index (χ3v) is 1.89. The summed E-state index contributed by atoms with van der Waals surface area (Å²) >= 11 is 5.78. The summed E-state index contributed by atoms with van der Waals surface area (Å²) in [5.74, 6) is 0. The first-order valence-corrected chi connectivity index (χ1v) is 4.20. The standard InChI is InChI=1S/C9H11ClN2O/c1-12(2)9-4-3-7(10)5-8(9)11-6-13/h3-6H,1-2H3,(H,11,13). The van der Waals surface area contributed by atoms with Crippen LogP contribution in [0.1, 0.15) is 0 Å². The highest BCUT2D eigenvalue weighted by molar-refractivity contribution is 6.31. The van der Waals surface area contributed by atoms with Crippen molar-refractivity contribution < 1.29 is 4.79 Å². The van der Waals surface area contributed by atoms with Crippen molar-refractivity contribution in [3.8, 4) is 0 Å². The number of carbonyl (C=O) groups excluding carboxylic acids is 1. The topological polar surface area (TPSA) is 32.3 Å². The van der Waals surface area contributed by atoms with Crippen LogP contribution in [-0.4, -0.2) is 20.5 Å². The SMILES string of the molecule is CN(C)c1ccc(Cl)cc1NC=O. The van der Waals surface area contributed by atoms with Crippen LogP contribution in [0.3, 0.4) is 0 Å². The Kier molecular flexibility index (Phi) is 3.14. The van der Waals surface area contributed by atoms with Crippen molar-refractivity contribution in [2.75, 3.05) is 24.3 Å². The molecule has 1 aromatic rings. The molecule has 1 amide bonds. The molecule has 0 aliphatic rings. The van der Waals surface area contributed by atoms with Crippen molar-refractivity contribution in [3.63, 3.8) is 0 Å². The zero-order chi connectivity index (χ0) is 9.84. The quantitative estimate of drug-likeness (QED) is 0.754. The maximum Gasteiger partial charge on any atom is 0.211 e. The van der Waals surface area contributed by atoms with Crippen molar-refractivity contribution in [1.29, 1.82) is 0 Å². The van der Waals surface area contributed by atoms with Crippen LogP contribution in [0.5, 0.6) is 0 Å². The Morgan fingerprint density at radius 2 is 2.15 bits per heavy atom. The first-order chi connectivity index (χ1) is 6.15. The molecule has 0 fully saturated rings. The summed E-state index contributed by atoms with van der Waals surface area (Å²) in [5.41, 5.74) is 1.64. The lowest BCUT2D eigenvalue weighted by Gasteiger charge is -2.16. The largest absolute Gasteiger partial charge is 0.376 e. The fourth-order valence-corrected chi connectivity index (χ4v) is 1.25. The average molecular weight is 199 g/mol. The van der Waals surface area contributed by atoms with Gasteiger partial charge in [0.2, 0.25) is 6.41 Å². The van der Waals surface area contributed by atoms with Gasteiger partial charge in [-0.25, -0.2) is 0 Å². The van der Waals surface area contributed by atoms with E-state index in [1.807, 2.05) is 25.1 Å². The number of carbonyl (C=O) groups is 1. The molecule has 0 aliphatic heterocycles. The van der Waals surface area contributed by atoms with E-state index in [1.165, 1.54) is 0 Å². The predicted octanol–water partition coefficient (Wildman–Crippen LogP) is 1.97. The molecule has 0 saturated carbocycles. The van der Waals surface area contributed by atoms with Gasteiger partial charge in [0.1, 0.15) is 0 Å². The number of halogens is 1. The lowest BCUT2D eigenvalue weighted by Crippen LogP contribution is -2.11. The first-order valence-electron chi connectivity index (χ1n) is 3.82. The molecule has 0 spiro atoms. The fraction of sp³-hybridized carbons (Fsp3) is 0.222. The molecular formula is C9H11ClN2O.